The van der Waals surface area contributed by atoms with Gasteiger partial charge in [-0.25, -0.2) is 8.42 Å². The number of likely N-dealkylation sites (N-methyl/N-ethyl adjacent to an activating group) is 2. The first-order valence-corrected chi connectivity index (χ1v) is 12.4. The molecule has 33 heavy (non-hydrogen) atoms. The van der Waals surface area contributed by atoms with Crippen LogP contribution in [-0.2, 0) is 14.8 Å². The molecule has 0 aromatic heterocycles. The molecule has 0 saturated heterocycles. The molecule has 8 nitrogen and oxygen atoms in total. The zero-order valence-electron chi connectivity index (χ0n) is 19.8. The molecule has 9 heteroatoms. The summed E-state index contributed by atoms with van der Waals surface area (Å²) >= 11 is 0. The third kappa shape index (κ3) is 6.04. The van der Waals surface area contributed by atoms with Crippen LogP contribution < -0.4 is 9.46 Å². The van der Waals surface area contributed by atoms with Crippen LogP contribution in [0.15, 0.2) is 53.4 Å². The normalized spacial score (nSPS) is 23.1. The second-order valence-electron chi connectivity index (χ2n) is 8.67. The molecule has 1 aliphatic heterocycles. The van der Waals surface area contributed by atoms with Crippen molar-refractivity contribution in [3.63, 3.8) is 0 Å². The van der Waals surface area contributed by atoms with E-state index in [-0.39, 0.29) is 28.9 Å². The van der Waals surface area contributed by atoms with Gasteiger partial charge in [-0.05, 0) is 44.2 Å². The molecule has 1 amide bonds. The number of carbonyl (C=O) groups is 1. The molecule has 2 aromatic carbocycles. The fourth-order valence-electron chi connectivity index (χ4n) is 3.83. The molecule has 1 aliphatic rings. The van der Waals surface area contributed by atoms with E-state index in [0.29, 0.717) is 30.2 Å². The summed E-state index contributed by atoms with van der Waals surface area (Å²) in [6.07, 6.45) is -0.116. The maximum atomic E-state index is 13.2. The highest BCUT2D eigenvalue weighted by atomic mass is 32.2. The van der Waals surface area contributed by atoms with Crippen molar-refractivity contribution >= 4 is 21.6 Å². The Balaban J connectivity index is 1.94. The molecule has 1 N–H and O–H groups in total. The van der Waals surface area contributed by atoms with Crippen LogP contribution >= 0.6 is 0 Å². The molecule has 0 spiro atoms. The van der Waals surface area contributed by atoms with E-state index >= 15 is 0 Å². The van der Waals surface area contributed by atoms with E-state index in [1.54, 1.807) is 55.5 Å². The van der Waals surface area contributed by atoms with Crippen molar-refractivity contribution in [2.45, 2.75) is 30.9 Å². The topological polar surface area (TPSA) is 88.2 Å². The first-order valence-electron chi connectivity index (χ1n) is 11.0. The fourth-order valence-corrected chi connectivity index (χ4v) is 4.90. The largest absolute Gasteiger partial charge is 0.491 e. The third-order valence-electron chi connectivity index (χ3n) is 6.06. The summed E-state index contributed by atoms with van der Waals surface area (Å²) in [5, 5.41) is 0. The highest BCUT2D eigenvalue weighted by molar-refractivity contribution is 7.92. The van der Waals surface area contributed by atoms with Crippen LogP contribution in [0, 0.1) is 5.92 Å². The Kier molecular flexibility index (Phi) is 7.99. The van der Waals surface area contributed by atoms with Gasteiger partial charge in [0.05, 0.1) is 22.3 Å². The van der Waals surface area contributed by atoms with Gasteiger partial charge in [-0.3, -0.25) is 14.4 Å². The molecule has 0 fully saturated rings. The van der Waals surface area contributed by atoms with Gasteiger partial charge in [0.1, 0.15) is 12.4 Å². The molecule has 180 valence electrons. The first kappa shape index (κ1) is 25.0. The first-order chi connectivity index (χ1) is 15.6. The standard InChI is InChI=1S/C24H33N3O5S/c1-17-14-26(3)18(2)16-32-22-13-19(25-33(29,30)20-9-7-6-8-10-20)11-12-21(22)24(28)27(4)15-23(17)31-5/h6-13,17-18,23,25H,14-16H2,1-5H3/t17-,18+,23+/m1/s1. The highest BCUT2D eigenvalue weighted by Crippen LogP contribution is 2.28. The molecule has 1 heterocycles. The molecule has 0 unspecified atom stereocenters. The lowest BCUT2D eigenvalue weighted by atomic mass is 10.0. The van der Waals surface area contributed by atoms with Gasteiger partial charge < -0.3 is 14.4 Å². The number of carbonyl (C=O) groups excluding carboxylic acids is 1. The number of amides is 1. The minimum Gasteiger partial charge on any atom is -0.491 e. The van der Waals surface area contributed by atoms with Crippen LogP contribution in [0.2, 0.25) is 0 Å². The summed E-state index contributed by atoms with van der Waals surface area (Å²) in [6, 6.07) is 12.9. The van der Waals surface area contributed by atoms with Gasteiger partial charge in [-0.2, -0.15) is 0 Å². The zero-order chi connectivity index (χ0) is 24.2. The Hall–Kier alpha value is -2.62. The van der Waals surface area contributed by atoms with Gasteiger partial charge >= 0.3 is 0 Å². The van der Waals surface area contributed by atoms with Gasteiger partial charge in [0.15, 0.2) is 0 Å². The van der Waals surface area contributed by atoms with E-state index in [2.05, 4.69) is 23.5 Å². The fraction of sp³-hybridized carbons (Fsp3) is 0.458. The minimum absolute atomic E-state index is 0.0785. The number of nitrogens with one attached hydrogen (secondary N) is 1. The van der Waals surface area contributed by atoms with Gasteiger partial charge in [0.2, 0.25) is 0 Å². The molecule has 0 radical (unpaired) electrons. The van der Waals surface area contributed by atoms with E-state index in [0.717, 1.165) is 6.54 Å². The Morgan fingerprint density at radius 2 is 1.76 bits per heavy atom. The lowest BCUT2D eigenvalue weighted by Gasteiger charge is -2.34. The van der Waals surface area contributed by atoms with Crippen molar-refractivity contribution in [3.05, 3.63) is 54.1 Å². The predicted molar refractivity (Wildman–Crippen MR) is 128 cm³/mol. The number of anilines is 1. The van der Waals surface area contributed by atoms with Crippen molar-refractivity contribution in [1.82, 2.24) is 9.80 Å². The summed E-state index contributed by atoms with van der Waals surface area (Å²) < 4.78 is 39.8. The Bertz CT molecular complexity index is 1060. The van der Waals surface area contributed by atoms with E-state index in [1.165, 1.54) is 12.1 Å². The molecule has 3 atom stereocenters. The second kappa shape index (κ2) is 10.5. The number of nitrogens with zero attached hydrogens (tertiary/aromatic N) is 2. The van der Waals surface area contributed by atoms with Crippen molar-refractivity contribution in [2.24, 2.45) is 5.92 Å². The molecular weight excluding hydrogens is 442 g/mol. The SMILES string of the molecule is CO[C@H]1CN(C)C(=O)c2ccc(NS(=O)(=O)c3ccccc3)cc2OC[C@H](C)N(C)C[C@H]1C. The van der Waals surface area contributed by atoms with E-state index in [1.807, 2.05) is 7.05 Å². The maximum absolute atomic E-state index is 13.2. The molecule has 3 rings (SSSR count). The predicted octanol–water partition coefficient (Wildman–Crippen LogP) is 2.92. The van der Waals surface area contributed by atoms with Crippen LogP contribution in [0.1, 0.15) is 24.2 Å². The quantitative estimate of drug-likeness (QED) is 0.732. The van der Waals surface area contributed by atoms with E-state index in [4.69, 9.17) is 9.47 Å². The third-order valence-corrected chi connectivity index (χ3v) is 7.46. The summed E-state index contributed by atoms with van der Waals surface area (Å²) in [5.74, 6) is 0.340. The van der Waals surface area contributed by atoms with Crippen LogP contribution in [-0.4, -0.2) is 77.2 Å². The summed E-state index contributed by atoms with van der Waals surface area (Å²) in [6.45, 7) is 5.73. The highest BCUT2D eigenvalue weighted by Gasteiger charge is 2.27. The van der Waals surface area contributed by atoms with Crippen molar-refractivity contribution < 1.29 is 22.7 Å². The number of ether oxygens (including phenoxy) is 2. The summed E-state index contributed by atoms with van der Waals surface area (Å²) in [5.41, 5.74) is 0.697. The van der Waals surface area contributed by atoms with Gasteiger partial charge in [-0.1, -0.05) is 25.1 Å². The van der Waals surface area contributed by atoms with Crippen LogP contribution in [0.3, 0.4) is 0 Å². The Morgan fingerprint density at radius 1 is 1.06 bits per heavy atom. The lowest BCUT2D eigenvalue weighted by molar-refractivity contribution is 0.0150. The molecular formula is C24H33N3O5S. The van der Waals surface area contributed by atoms with Gasteiger partial charge in [0.25, 0.3) is 15.9 Å². The monoisotopic (exact) mass is 475 g/mol. The van der Waals surface area contributed by atoms with Crippen LogP contribution in [0.5, 0.6) is 5.75 Å². The van der Waals surface area contributed by atoms with E-state index in [9.17, 15) is 13.2 Å². The molecule has 2 aromatic rings. The Morgan fingerprint density at radius 3 is 2.42 bits per heavy atom. The number of benzene rings is 2. The summed E-state index contributed by atoms with van der Waals surface area (Å²) in [7, 11) is 1.66. The van der Waals surface area contributed by atoms with Crippen molar-refractivity contribution in [2.75, 3.05) is 45.6 Å². The molecule has 0 aliphatic carbocycles. The Labute approximate surface area is 196 Å². The van der Waals surface area contributed by atoms with Crippen molar-refractivity contribution in [1.29, 1.82) is 0 Å². The molecule has 0 bridgehead atoms. The number of rotatable bonds is 4. The lowest BCUT2D eigenvalue weighted by Crippen LogP contribution is -2.45. The average molecular weight is 476 g/mol. The maximum Gasteiger partial charge on any atom is 0.261 e. The second-order valence-corrected chi connectivity index (χ2v) is 10.3. The van der Waals surface area contributed by atoms with Crippen LogP contribution in [0.4, 0.5) is 5.69 Å². The van der Waals surface area contributed by atoms with Crippen molar-refractivity contribution in [3.8, 4) is 5.75 Å². The van der Waals surface area contributed by atoms with Gasteiger partial charge in [-0.15, -0.1) is 0 Å². The number of fused-ring (bicyclic) bond motifs is 1. The number of methoxy groups -OCH3 is 1. The summed E-state index contributed by atoms with van der Waals surface area (Å²) in [4.78, 5) is 17.2. The minimum atomic E-state index is -3.77. The van der Waals surface area contributed by atoms with Gasteiger partial charge in [0, 0.05) is 39.4 Å². The number of sulfonamides is 1. The number of hydrogen-bond donors (Lipinski definition) is 1. The number of hydrogen-bond acceptors (Lipinski definition) is 6. The molecule has 0 saturated carbocycles. The van der Waals surface area contributed by atoms with E-state index < -0.39 is 10.0 Å². The van der Waals surface area contributed by atoms with Crippen LogP contribution in [0.25, 0.3) is 0 Å². The smallest absolute Gasteiger partial charge is 0.261 e. The zero-order valence-corrected chi connectivity index (χ0v) is 20.6. The average Bonchev–Trinajstić information content (AvgIpc) is 2.80.